The molecule has 0 bridgehead atoms. The second-order valence-corrected chi connectivity index (χ2v) is 4.65. The molecule has 0 aliphatic carbocycles. The molecule has 6 heteroatoms. The van der Waals surface area contributed by atoms with Crippen LogP contribution in [0.15, 0.2) is 17.0 Å². The van der Waals surface area contributed by atoms with Gasteiger partial charge in [0.25, 0.3) is 0 Å². The molecule has 0 aliphatic heterocycles. The second kappa shape index (κ2) is 3.46. The minimum atomic E-state index is -4.54. The molecule has 0 N–H and O–H groups in total. The first kappa shape index (κ1) is 10.8. The molecule has 0 saturated heterocycles. The van der Waals surface area contributed by atoms with Crippen molar-refractivity contribution in [3.63, 3.8) is 0 Å². The van der Waals surface area contributed by atoms with Crippen LogP contribution in [0.3, 0.4) is 0 Å². The van der Waals surface area contributed by atoms with Gasteiger partial charge in [0, 0.05) is 5.02 Å². The van der Waals surface area contributed by atoms with Crippen LogP contribution in [-0.2, 0) is 10.1 Å². The number of aryl methyl sites for hydroxylation is 1. The lowest BCUT2D eigenvalue weighted by molar-refractivity contribution is 0.463. The Morgan fingerprint density at radius 3 is 2.23 bits per heavy atom. The molecule has 3 nitrogen and oxygen atoms in total. The molecular weight excluding hydrogens is 235 g/mol. The van der Waals surface area contributed by atoms with Gasteiger partial charge < -0.3 is 4.55 Å². The predicted octanol–water partition coefficient (Wildman–Crippen LogP) is 2.21. The van der Waals surface area contributed by atoms with E-state index in [1.54, 1.807) is 6.92 Å². The monoisotopic (exact) mass is 239 g/mol. The van der Waals surface area contributed by atoms with E-state index in [1.165, 1.54) is 6.07 Å². The van der Waals surface area contributed by atoms with Gasteiger partial charge in [-0.2, -0.15) is 0 Å². The highest BCUT2D eigenvalue weighted by molar-refractivity contribution is 7.85. The summed E-state index contributed by atoms with van der Waals surface area (Å²) in [6.07, 6.45) is 0. The topological polar surface area (TPSA) is 57.2 Å². The highest BCUT2D eigenvalue weighted by atomic mass is 35.5. The SMILES string of the molecule is Cc1cc(Cl)c(S(=O)(=O)[O-])cc1Cl. The van der Waals surface area contributed by atoms with Gasteiger partial charge in [0.05, 0.1) is 9.92 Å². The Morgan fingerprint density at radius 1 is 1.23 bits per heavy atom. The van der Waals surface area contributed by atoms with Gasteiger partial charge in [0.2, 0.25) is 0 Å². The van der Waals surface area contributed by atoms with Crippen LogP contribution in [-0.4, -0.2) is 13.0 Å². The molecule has 0 saturated carbocycles. The molecule has 0 spiro atoms. The van der Waals surface area contributed by atoms with E-state index < -0.39 is 15.0 Å². The summed E-state index contributed by atoms with van der Waals surface area (Å²) in [6.45, 7) is 1.66. The average Bonchev–Trinajstić information content (AvgIpc) is 1.94. The van der Waals surface area contributed by atoms with Crippen molar-refractivity contribution in [1.82, 2.24) is 0 Å². The summed E-state index contributed by atoms with van der Waals surface area (Å²) in [5, 5.41) is 0.107. The Bertz CT molecular complexity index is 439. The molecule has 1 aromatic rings. The van der Waals surface area contributed by atoms with Crippen LogP contribution < -0.4 is 0 Å². The van der Waals surface area contributed by atoms with E-state index in [4.69, 9.17) is 23.2 Å². The van der Waals surface area contributed by atoms with Crippen LogP contribution in [0.5, 0.6) is 0 Å². The number of hydrogen-bond donors (Lipinski definition) is 0. The zero-order chi connectivity index (χ0) is 10.2. The van der Waals surface area contributed by atoms with Crippen molar-refractivity contribution >= 4 is 33.3 Å². The van der Waals surface area contributed by atoms with Gasteiger partial charge in [-0.1, -0.05) is 23.2 Å². The number of rotatable bonds is 1. The molecule has 0 aromatic heterocycles. The molecule has 0 heterocycles. The first-order valence-corrected chi connectivity index (χ1v) is 5.40. The summed E-state index contributed by atoms with van der Waals surface area (Å²) < 4.78 is 31.9. The van der Waals surface area contributed by atoms with E-state index in [2.05, 4.69) is 0 Å². The smallest absolute Gasteiger partial charge is 0.125 e. The number of benzene rings is 1. The van der Waals surface area contributed by atoms with Crippen LogP contribution in [0.2, 0.25) is 10.0 Å². The Labute approximate surface area is 86.0 Å². The molecule has 0 atom stereocenters. The van der Waals surface area contributed by atoms with Gasteiger partial charge in [-0.25, -0.2) is 8.42 Å². The molecule has 1 rings (SSSR count). The zero-order valence-electron chi connectivity index (χ0n) is 6.54. The maximum atomic E-state index is 10.6. The van der Waals surface area contributed by atoms with Gasteiger partial charge in [-0.05, 0) is 24.6 Å². The lowest BCUT2D eigenvalue weighted by Crippen LogP contribution is -1.99. The summed E-state index contributed by atoms with van der Waals surface area (Å²) in [5.41, 5.74) is 0.624. The van der Waals surface area contributed by atoms with Crippen LogP contribution in [0, 0.1) is 6.92 Å². The highest BCUT2D eigenvalue weighted by Crippen LogP contribution is 2.27. The van der Waals surface area contributed by atoms with Crippen molar-refractivity contribution in [1.29, 1.82) is 0 Å². The molecule has 0 aliphatic rings. The third kappa shape index (κ3) is 2.34. The fourth-order valence-electron chi connectivity index (χ4n) is 0.820. The minimum absolute atomic E-state index is 0.100. The van der Waals surface area contributed by atoms with Crippen molar-refractivity contribution in [2.24, 2.45) is 0 Å². The van der Waals surface area contributed by atoms with Crippen molar-refractivity contribution in [3.05, 3.63) is 27.7 Å². The fourth-order valence-corrected chi connectivity index (χ4v) is 2.11. The standard InChI is InChI=1S/C7H6Cl2O3S/c1-4-2-6(9)7(3-5(4)8)13(10,11)12/h2-3H,1H3,(H,10,11,12)/p-1. The molecular formula is C7H5Cl2O3S-. The largest absolute Gasteiger partial charge is 0.744 e. The van der Waals surface area contributed by atoms with Gasteiger partial charge in [-0.15, -0.1) is 0 Å². The van der Waals surface area contributed by atoms with Crippen molar-refractivity contribution in [2.75, 3.05) is 0 Å². The molecule has 0 fully saturated rings. The molecule has 0 unspecified atom stereocenters. The summed E-state index contributed by atoms with van der Waals surface area (Å²) in [6, 6.07) is 2.40. The molecule has 72 valence electrons. The van der Waals surface area contributed by atoms with Crippen molar-refractivity contribution in [2.45, 2.75) is 11.8 Å². The van der Waals surface area contributed by atoms with E-state index in [0.29, 0.717) is 5.56 Å². The summed E-state index contributed by atoms with van der Waals surface area (Å²) in [4.78, 5) is -0.482. The Hall–Kier alpha value is -0.290. The van der Waals surface area contributed by atoms with E-state index in [1.807, 2.05) is 0 Å². The summed E-state index contributed by atoms with van der Waals surface area (Å²) >= 11 is 11.2. The second-order valence-electron chi connectivity index (χ2n) is 2.49. The van der Waals surface area contributed by atoms with E-state index in [-0.39, 0.29) is 10.0 Å². The van der Waals surface area contributed by atoms with Crippen LogP contribution in [0.25, 0.3) is 0 Å². The molecule has 0 amide bonds. The van der Waals surface area contributed by atoms with Crippen LogP contribution in [0.4, 0.5) is 0 Å². The average molecular weight is 240 g/mol. The van der Waals surface area contributed by atoms with Gasteiger partial charge in [-0.3, -0.25) is 0 Å². The van der Waals surface area contributed by atoms with Crippen LogP contribution >= 0.6 is 23.2 Å². The Morgan fingerprint density at radius 2 is 1.77 bits per heavy atom. The maximum Gasteiger partial charge on any atom is 0.125 e. The Kier molecular flexibility index (Phi) is 2.87. The first-order valence-electron chi connectivity index (χ1n) is 3.24. The third-order valence-electron chi connectivity index (χ3n) is 1.48. The normalized spacial score (nSPS) is 11.7. The maximum absolute atomic E-state index is 10.6. The summed E-state index contributed by atoms with van der Waals surface area (Å²) in [7, 11) is -4.54. The fraction of sp³-hybridized carbons (Fsp3) is 0.143. The predicted molar refractivity (Wildman–Crippen MR) is 49.2 cm³/mol. The first-order chi connectivity index (χ1) is 5.82. The van der Waals surface area contributed by atoms with Gasteiger partial charge >= 0.3 is 0 Å². The Balaban J connectivity index is 3.50. The molecule has 1 aromatic carbocycles. The van der Waals surface area contributed by atoms with Crippen LogP contribution in [0.1, 0.15) is 5.56 Å². The lowest BCUT2D eigenvalue weighted by atomic mass is 10.2. The van der Waals surface area contributed by atoms with E-state index >= 15 is 0 Å². The van der Waals surface area contributed by atoms with Gasteiger partial charge in [0.1, 0.15) is 10.1 Å². The zero-order valence-corrected chi connectivity index (χ0v) is 8.87. The van der Waals surface area contributed by atoms with Crippen molar-refractivity contribution in [3.8, 4) is 0 Å². The number of hydrogen-bond acceptors (Lipinski definition) is 3. The lowest BCUT2D eigenvalue weighted by Gasteiger charge is -2.10. The van der Waals surface area contributed by atoms with E-state index in [9.17, 15) is 13.0 Å². The third-order valence-corrected chi connectivity index (χ3v) is 3.19. The van der Waals surface area contributed by atoms with Crippen molar-refractivity contribution < 1.29 is 13.0 Å². The molecule has 0 radical (unpaired) electrons. The van der Waals surface area contributed by atoms with Gasteiger partial charge in [0.15, 0.2) is 0 Å². The minimum Gasteiger partial charge on any atom is -0.744 e. The number of halogens is 2. The quantitative estimate of drug-likeness (QED) is 0.707. The highest BCUT2D eigenvalue weighted by Gasteiger charge is 2.09. The van der Waals surface area contributed by atoms with E-state index in [0.717, 1.165) is 6.07 Å². The summed E-state index contributed by atoms with van der Waals surface area (Å²) in [5.74, 6) is 0. The molecule has 13 heavy (non-hydrogen) atoms.